The molecule has 0 aromatic heterocycles. The van der Waals surface area contributed by atoms with E-state index in [0.29, 0.717) is 22.7 Å². The molecule has 240 valence electrons. The van der Waals surface area contributed by atoms with Crippen molar-refractivity contribution in [1.29, 1.82) is 0 Å². The number of nitrogens with one attached hydrogen (secondary N) is 2. The zero-order chi connectivity index (χ0) is 32.7. The van der Waals surface area contributed by atoms with E-state index in [1.165, 1.54) is 30.3 Å². The second-order valence-corrected chi connectivity index (χ2v) is 13.7. The van der Waals surface area contributed by atoms with Crippen molar-refractivity contribution in [3.8, 4) is 5.75 Å². The summed E-state index contributed by atoms with van der Waals surface area (Å²) >= 11 is 12.5. The number of hydrogen-bond acceptors (Lipinski definition) is 6. The van der Waals surface area contributed by atoms with E-state index in [2.05, 4.69) is 10.6 Å². The number of rotatable bonds is 12. The molecule has 2 amide bonds. The molecule has 1 heterocycles. The third kappa shape index (κ3) is 7.82. The molecule has 0 aliphatic carbocycles. The summed E-state index contributed by atoms with van der Waals surface area (Å²) in [7, 11) is -4.60. The third-order valence-electron chi connectivity index (χ3n) is 7.89. The minimum Gasteiger partial charge on any atom is -0.366 e. The van der Waals surface area contributed by atoms with Gasteiger partial charge in [0.05, 0.1) is 16.6 Å². The van der Waals surface area contributed by atoms with Gasteiger partial charge in [0.1, 0.15) is 5.25 Å². The van der Waals surface area contributed by atoms with Crippen molar-refractivity contribution in [2.24, 2.45) is 11.7 Å². The van der Waals surface area contributed by atoms with Gasteiger partial charge >= 0.3 is 0 Å². The molecule has 2 unspecified atom stereocenters. The molecule has 4 N–H and O–H groups in total. The summed E-state index contributed by atoms with van der Waals surface area (Å²) in [6, 6.07) is 27.3. The Balaban J connectivity index is 1.65. The SMILES string of the molecule is NC(=O)c1ccc(C(C(=O)NCC2CCNCC2)C(c2ccccc2)S(=O)(=O)N(Oc2ccc(Cl)cc2Cl)c2ccccc2)cc1. The first-order valence-corrected chi connectivity index (χ1v) is 17.1. The van der Waals surface area contributed by atoms with Gasteiger partial charge in [-0.1, -0.05) is 88.3 Å². The maximum absolute atomic E-state index is 15.1. The number of benzene rings is 4. The molecule has 1 saturated heterocycles. The summed E-state index contributed by atoms with van der Waals surface area (Å²) in [5.41, 5.74) is 6.63. The van der Waals surface area contributed by atoms with Gasteiger partial charge in [-0.15, -0.1) is 0 Å². The molecule has 4 aromatic carbocycles. The number of nitrogens with two attached hydrogens (primary N) is 1. The number of carbonyl (C=O) groups excluding carboxylic acids is 2. The number of nitrogens with zero attached hydrogens (tertiary/aromatic N) is 1. The first-order valence-electron chi connectivity index (χ1n) is 14.8. The van der Waals surface area contributed by atoms with Crippen LogP contribution in [0.15, 0.2) is 103 Å². The highest BCUT2D eigenvalue weighted by atomic mass is 35.5. The molecule has 0 bridgehead atoms. The highest BCUT2D eigenvalue weighted by Gasteiger charge is 2.45. The quantitative estimate of drug-likeness (QED) is 0.161. The van der Waals surface area contributed by atoms with Crippen LogP contribution in [0.3, 0.4) is 0 Å². The van der Waals surface area contributed by atoms with Crippen LogP contribution in [0, 0.1) is 5.92 Å². The van der Waals surface area contributed by atoms with Gasteiger partial charge in [-0.25, -0.2) is 8.42 Å². The molecule has 9 nitrogen and oxygen atoms in total. The predicted octanol–water partition coefficient (Wildman–Crippen LogP) is 5.86. The van der Waals surface area contributed by atoms with Crippen molar-refractivity contribution in [3.63, 3.8) is 0 Å². The van der Waals surface area contributed by atoms with Gasteiger partial charge in [0.2, 0.25) is 11.8 Å². The molecule has 0 radical (unpaired) electrons. The Morgan fingerprint density at radius 1 is 0.891 bits per heavy atom. The number of para-hydroxylation sites is 1. The molecule has 46 heavy (non-hydrogen) atoms. The van der Waals surface area contributed by atoms with Gasteiger partial charge < -0.3 is 21.2 Å². The summed E-state index contributed by atoms with van der Waals surface area (Å²) < 4.78 is 31.0. The van der Waals surface area contributed by atoms with E-state index in [9.17, 15) is 9.59 Å². The number of halogens is 2. The summed E-state index contributed by atoms with van der Waals surface area (Å²) in [6.45, 7) is 2.07. The van der Waals surface area contributed by atoms with Crippen molar-refractivity contribution in [2.45, 2.75) is 24.0 Å². The van der Waals surface area contributed by atoms with E-state index in [0.717, 1.165) is 30.4 Å². The second-order valence-electron chi connectivity index (χ2n) is 11.0. The first-order chi connectivity index (χ1) is 22.1. The lowest BCUT2D eigenvalue weighted by Crippen LogP contribution is -2.44. The summed E-state index contributed by atoms with van der Waals surface area (Å²) in [6.07, 6.45) is 1.77. The van der Waals surface area contributed by atoms with E-state index < -0.39 is 33.0 Å². The van der Waals surface area contributed by atoms with Crippen LogP contribution >= 0.6 is 23.2 Å². The second kappa shape index (κ2) is 15.0. The third-order valence-corrected chi connectivity index (χ3v) is 10.3. The van der Waals surface area contributed by atoms with Crippen LogP contribution in [0.4, 0.5) is 5.69 Å². The number of piperidine rings is 1. The Hall–Kier alpha value is -4.09. The standard InChI is InChI=1S/C34H34Cl2N4O5S/c35-27-15-16-30(29(36)21-27)45-40(28-9-5-2-6-10-28)46(43,44)32(25-7-3-1-4-8-25)31(24-11-13-26(14-12-24)33(37)41)34(42)39-22-23-17-19-38-20-18-23/h1-16,21,23,31-32,38H,17-20,22H2,(H2,37,41)(H,39,42). The fourth-order valence-corrected chi connectivity index (χ4v) is 7.86. The lowest BCUT2D eigenvalue weighted by Gasteiger charge is -2.33. The maximum Gasteiger partial charge on any atom is 0.274 e. The fraction of sp³-hybridized carbons (Fsp3) is 0.235. The Kier molecular flexibility index (Phi) is 10.9. The summed E-state index contributed by atoms with van der Waals surface area (Å²) in [4.78, 5) is 32.3. The van der Waals surface area contributed by atoms with E-state index in [1.807, 2.05) is 0 Å². The average Bonchev–Trinajstić information content (AvgIpc) is 3.07. The van der Waals surface area contributed by atoms with Gasteiger partial charge in [-0.05, 0) is 85.4 Å². The molecule has 0 spiro atoms. The minimum atomic E-state index is -4.60. The average molecular weight is 682 g/mol. The Bertz CT molecular complexity index is 1750. The van der Waals surface area contributed by atoms with Crippen molar-refractivity contribution < 1.29 is 22.8 Å². The van der Waals surface area contributed by atoms with E-state index in [-0.39, 0.29) is 27.9 Å². The number of hydrogen-bond donors (Lipinski definition) is 3. The summed E-state index contributed by atoms with van der Waals surface area (Å²) in [5.74, 6) is -2.10. The highest BCUT2D eigenvalue weighted by molar-refractivity contribution is 7.92. The van der Waals surface area contributed by atoms with Crippen LogP contribution in [0.5, 0.6) is 5.75 Å². The molecule has 1 aliphatic heterocycles. The van der Waals surface area contributed by atoms with Gasteiger partial charge in [-0.2, -0.15) is 0 Å². The van der Waals surface area contributed by atoms with Crippen molar-refractivity contribution in [2.75, 3.05) is 24.1 Å². The number of primary amides is 1. The maximum atomic E-state index is 15.1. The monoisotopic (exact) mass is 680 g/mol. The largest absolute Gasteiger partial charge is 0.366 e. The van der Waals surface area contributed by atoms with Gasteiger partial charge in [0, 0.05) is 17.1 Å². The number of carbonyl (C=O) groups is 2. The number of anilines is 1. The van der Waals surface area contributed by atoms with Crippen molar-refractivity contribution in [1.82, 2.24) is 10.6 Å². The van der Waals surface area contributed by atoms with E-state index >= 15 is 8.42 Å². The highest BCUT2D eigenvalue weighted by Crippen LogP contribution is 2.42. The Morgan fingerprint density at radius 2 is 1.52 bits per heavy atom. The van der Waals surface area contributed by atoms with Gasteiger partial charge in [-0.3, -0.25) is 9.59 Å². The number of amides is 2. The fourth-order valence-electron chi connectivity index (χ4n) is 5.48. The Morgan fingerprint density at radius 3 is 2.13 bits per heavy atom. The zero-order valence-electron chi connectivity index (χ0n) is 24.8. The first kappa shape index (κ1) is 33.3. The lowest BCUT2D eigenvalue weighted by atomic mass is 9.89. The lowest BCUT2D eigenvalue weighted by molar-refractivity contribution is -0.122. The predicted molar refractivity (Wildman–Crippen MR) is 180 cm³/mol. The molecular formula is C34H34Cl2N4O5S. The van der Waals surface area contributed by atoms with Crippen LogP contribution in [0.2, 0.25) is 10.0 Å². The van der Waals surface area contributed by atoms with Crippen molar-refractivity contribution >= 4 is 50.7 Å². The van der Waals surface area contributed by atoms with Gasteiger partial charge in [0.15, 0.2) is 5.75 Å². The smallest absolute Gasteiger partial charge is 0.274 e. The van der Waals surface area contributed by atoms with Gasteiger partial charge in [0.25, 0.3) is 10.0 Å². The molecular weight excluding hydrogens is 647 g/mol. The zero-order valence-corrected chi connectivity index (χ0v) is 27.1. The topological polar surface area (TPSA) is 131 Å². The van der Waals surface area contributed by atoms with E-state index in [4.69, 9.17) is 33.8 Å². The van der Waals surface area contributed by atoms with Crippen LogP contribution in [0.1, 0.15) is 45.5 Å². The van der Waals surface area contributed by atoms with Crippen LogP contribution in [-0.4, -0.2) is 39.9 Å². The van der Waals surface area contributed by atoms with Crippen molar-refractivity contribution in [3.05, 3.63) is 130 Å². The molecule has 2 atom stereocenters. The number of sulfonamides is 1. The molecule has 0 saturated carbocycles. The van der Waals surface area contributed by atoms with Crippen LogP contribution in [0.25, 0.3) is 0 Å². The van der Waals surface area contributed by atoms with Crippen LogP contribution in [-0.2, 0) is 14.8 Å². The molecule has 12 heteroatoms. The molecule has 1 aliphatic rings. The normalized spacial score (nSPS) is 15.0. The van der Waals surface area contributed by atoms with Crippen LogP contribution < -0.4 is 25.7 Å². The molecule has 4 aromatic rings. The molecule has 5 rings (SSSR count). The summed E-state index contributed by atoms with van der Waals surface area (Å²) in [5, 5.41) is 5.31. The Labute approximate surface area is 278 Å². The van der Waals surface area contributed by atoms with E-state index in [1.54, 1.807) is 72.8 Å². The minimum absolute atomic E-state index is 0.0445. The molecule has 1 fully saturated rings.